The van der Waals surface area contributed by atoms with Crippen molar-refractivity contribution in [1.29, 1.82) is 0 Å². The number of nitrogens with one attached hydrogen (secondary N) is 1. The van der Waals surface area contributed by atoms with Gasteiger partial charge in [0.05, 0.1) is 23.3 Å². The summed E-state index contributed by atoms with van der Waals surface area (Å²) in [7, 11) is 1.65. The molecule has 108 valence electrons. The van der Waals surface area contributed by atoms with E-state index in [4.69, 9.17) is 10.6 Å². The number of nitrogens with two attached hydrogens (primary N) is 1. The summed E-state index contributed by atoms with van der Waals surface area (Å²) < 4.78 is 8.13. The molecule has 1 aromatic carbocycles. The molecule has 5 nitrogen and oxygen atoms in total. The summed E-state index contributed by atoms with van der Waals surface area (Å²) in [6, 6.07) is 7.80. The van der Waals surface area contributed by atoms with Crippen LogP contribution in [0, 0.1) is 0 Å². The molecule has 0 saturated carbocycles. The number of halogens is 1. The molecule has 0 aliphatic rings. The molecule has 20 heavy (non-hydrogen) atoms. The summed E-state index contributed by atoms with van der Waals surface area (Å²) in [5.41, 5.74) is 4.96. The molecule has 1 atom stereocenters. The second-order valence-corrected chi connectivity index (χ2v) is 5.33. The molecule has 1 heterocycles. The zero-order chi connectivity index (χ0) is 14.5. The van der Waals surface area contributed by atoms with Crippen molar-refractivity contribution in [3.05, 3.63) is 46.2 Å². The van der Waals surface area contributed by atoms with E-state index in [1.807, 2.05) is 28.9 Å². The number of methoxy groups -OCH3 is 1. The standard InChI is InChI=1S/C14H19BrN4O/c1-3-8-19-12(6-7-17-19)14(18-16)10-4-5-13(20-2)11(15)9-10/h4-7,9,14,18H,3,8,16H2,1-2H3. The Kier molecular flexibility index (Phi) is 5.17. The minimum Gasteiger partial charge on any atom is -0.496 e. The molecular formula is C14H19BrN4O. The molecule has 1 unspecified atom stereocenters. The van der Waals surface area contributed by atoms with Gasteiger partial charge in [-0.2, -0.15) is 5.10 Å². The normalized spacial score (nSPS) is 12.4. The van der Waals surface area contributed by atoms with Crippen LogP contribution in [0.2, 0.25) is 0 Å². The number of aromatic nitrogens is 2. The molecule has 0 spiro atoms. The van der Waals surface area contributed by atoms with Crippen LogP contribution in [0.5, 0.6) is 5.75 Å². The van der Waals surface area contributed by atoms with E-state index in [-0.39, 0.29) is 6.04 Å². The highest BCUT2D eigenvalue weighted by Crippen LogP contribution is 2.30. The molecule has 6 heteroatoms. The average Bonchev–Trinajstić information content (AvgIpc) is 2.89. The predicted molar refractivity (Wildman–Crippen MR) is 82.4 cm³/mol. The van der Waals surface area contributed by atoms with Gasteiger partial charge in [-0.1, -0.05) is 13.0 Å². The molecule has 0 amide bonds. The summed E-state index contributed by atoms with van der Waals surface area (Å²) in [5, 5.41) is 4.34. The van der Waals surface area contributed by atoms with Crippen molar-refractivity contribution in [3.63, 3.8) is 0 Å². The third-order valence-electron chi connectivity index (χ3n) is 3.16. The van der Waals surface area contributed by atoms with E-state index in [9.17, 15) is 0 Å². The fraction of sp³-hybridized carbons (Fsp3) is 0.357. The Hall–Kier alpha value is -1.37. The molecule has 2 rings (SSSR count). The third kappa shape index (κ3) is 3.03. The van der Waals surface area contributed by atoms with Crippen LogP contribution in [0.25, 0.3) is 0 Å². The first-order valence-electron chi connectivity index (χ1n) is 6.52. The van der Waals surface area contributed by atoms with Crippen molar-refractivity contribution < 1.29 is 4.74 Å². The van der Waals surface area contributed by atoms with Gasteiger partial charge >= 0.3 is 0 Å². The molecule has 0 fully saturated rings. The number of hydrogen-bond donors (Lipinski definition) is 2. The second kappa shape index (κ2) is 6.88. The zero-order valence-corrected chi connectivity index (χ0v) is 13.2. The highest BCUT2D eigenvalue weighted by Gasteiger charge is 2.18. The lowest BCUT2D eigenvalue weighted by Crippen LogP contribution is -2.30. The first-order valence-corrected chi connectivity index (χ1v) is 7.31. The third-order valence-corrected chi connectivity index (χ3v) is 3.78. The average molecular weight is 339 g/mol. The van der Waals surface area contributed by atoms with Gasteiger partial charge in [-0.05, 0) is 46.1 Å². The fourth-order valence-electron chi connectivity index (χ4n) is 2.20. The summed E-state index contributed by atoms with van der Waals surface area (Å²) >= 11 is 3.50. The summed E-state index contributed by atoms with van der Waals surface area (Å²) in [6.45, 7) is 3.00. The van der Waals surface area contributed by atoms with Crippen molar-refractivity contribution in [3.8, 4) is 5.75 Å². The lowest BCUT2D eigenvalue weighted by atomic mass is 10.0. The number of hydrogen-bond acceptors (Lipinski definition) is 4. The minimum atomic E-state index is -0.105. The molecule has 0 bridgehead atoms. The van der Waals surface area contributed by atoms with E-state index in [1.165, 1.54) is 0 Å². The topological polar surface area (TPSA) is 65.1 Å². The van der Waals surface area contributed by atoms with Crippen molar-refractivity contribution in [1.82, 2.24) is 15.2 Å². The lowest BCUT2D eigenvalue weighted by Gasteiger charge is -2.19. The van der Waals surface area contributed by atoms with E-state index in [2.05, 4.69) is 33.4 Å². The van der Waals surface area contributed by atoms with Crippen molar-refractivity contribution >= 4 is 15.9 Å². The Morgan fingerprint density at radius 2 is 2.25 bits per heavy atom. The van der Waals surface area contributed by atoms with Gasteiger partial charge < -0.3 is 4.74 Å². The molecule has 3 N–H and O–H groups in total. The van der Waals surface area contributed by atoms with Crippen molar-refractivity contribution in [2.24, 2.45) is 5.84 Å². The van der Waals surface area contributed by atoms with Gasteiger partial charge in [0.25, 0.3) is 0 Å². The van der Waals surface area contributed by atoms with E-state index in [0.29, 0.717) is 0 Å². The van der Waals surface area contributed by atoms with Crippen LogP contribution in [0.3, 0.4) is 0 Å². The molecule has 0 saturated heterocycles. The van der Waals surface area contributed by atoms with E-state index < -0.39 is 0 Å². The molecular weight excluding hydrogens is 320 g/mol. The summed E-state index contributed by atoms with van der Waals surface area (Å²) in [4.78, 5) is 0. The van der Waals surface area contributed by atoms with Gasteiger partial charge in [-0.25, -0.2) is 5.43 Å². The Morgan fingerprint density at radius 3 is 2.85 bits per heavy atom. The van der Waals surface area contributed by atoms with Crippen LogP contribution in [-0.2, 0) is 6.54 Å². The molecule has 2 aromatic rings. The first-order chi connectivity index (χ1) is 9.71. The number of ether oxygens (including phenoxy) is 1. The molecule has 1 aromatic heterocycles. The van der Waals surface area contributed by atoms with E-state index in [0.717, 1.165) is 34.4 Å². The minimum absolute atomic E-state index is 0.105. The van der Waals surface area contributed by atoms with E-state index in [1.54, 1.807) is 13.3 Å². The quantitative estimate of drug-likeness (QED) is 0.627. The highest BCUT2D eigenvalue weighted by molar-refractivity contribution is 9.10. The maximum Gasteiger partial charge on any atom is 0.133 e. The van der Waals surface area contributed by atoms with Gasteiger partial charge in [0.1, 0.15) is 5.75 Å². The summed E-state index contributed by atoms with van der Waals surface area (Å²) in [6.07, 6.45) is 2.83. The fourth-order valence-corrected chi connectivity index (χ4v) is 2.76. The van der Waals surface area contributed by atoms with Crippen LogP contribution < -0.4 is 16.0 Å². The van der Waals surface area contributed by atoms with Crippen molar-refractivity contribution in [2.45, 2.75) is 25.9 Å². The number of benzene rings is 1. The van der Waals surface area contributed by atoms with Crippen LogP contribution in [-0.4, -0.2) is 16.9 Å². The Labute approximate surface area is 127 Å². The largest absolute Gasteiger partial charge is 0.496 e. The number of rotatable bonds is 6. The second-order valence-electron chi connectivity index (χ2n) is 4.47. The Morgan fingerprint density at radius 1 is 1.45 bits per heavy atom. The van der Waals surface area contributed by atoms with Gasteiger partial charge in [0, 0.05) is 12.7 Å². The number of hydrazine groups is 1. The Bertz CT molecular complexity index is 570. The summed E-state index contributed by atoms with van der Waals surface area (Å²) in [5.74, 6) is 6.54. The SMILES string of the molecule is CCCn1nccc1C(NN)c1ccc(OC)c(Br)c1. The smallest absolute Gasteiger partial charge is 0.133 e. The molecule has 0 radical (unpaired) electrons. The van der Waals surface area contributed by atoms with Crippen molar-refractivity contribution in [2.75, 3.05) is 7.11 Å². The number of aryl methyl sites for hydroxylation is 1. The van der Waals surface area contributed by atoms with Gasteiger partial charge in [-0.3, -0.25) is 10.5 Å². The molecule has 0 aliphatic heterocycles. The predicted octanol–water partition coefficient (Wildman–Crippen LogP) is 2.62. The molecule has 0 aliphatic carbocycles. The first kappa shape index (κ1) is 15.0. The van der Waals surface area contributed by atoms with Crippen LogP contribution in [0.1, 0.15) is 30.6 Å². The van der Waals surface area contributed by atoms with Crippen LogP contribution in [0.15, 0.2) is 34.9 Å². The van der Waals surface area contributed by atoms with E-state index >= 15 is 0 Å². The van der Waals surface area contributed by atoms with Gasteiger partial charge in [-0.15, -0.1) is 0 Å². The monoisotopic (exact) mass is 338 g/mol. The maximum atomic E-state index is 5.74. The highest BCUT2D eigenvalue weighted by atomic mass is 79.9. The maximum absolute atomic E-state index is 5.74. The van der Waals surface area contributed by atoms with Crippen LogP contribution in [0.4, 0.5) is 0 Å². The zero-order valence-electron chi connectivity index (χ0n) is 11.6. The van der Waals surface area contributed by atoms with Gasteiger partial charge in [0.2, 0.25) is 0 Å². The van der Waals surface area contributed by atoms with Gasteiger partial charge in [0.15, 0.2) is 0 Å². The lowest BCUT2D eigenvalue weighted by molar-refractivity contribution is 0.411. The number of nitrogens with zero attached hydrogens (tertiary/aromatic N) is 2. The Balaban J connectivity index is 2.36. The van der Waals surface area contributed by atoms with Crippen LogP contribution >= 0.6 is 15.9 Å².